The number of carboxylic acids is 1. The number of ether oxygens (including phenoxy) is 1. The van der Waals surface area contributed by atoms with Gasteiger partial charge in [-0.3, -0.25) is 4.79 Å². The van der Waals surface area contributed by atoms with Gasteiger partial charge in [0, 0.05) is 26.7 Å². The van der Waals surface area contributed by atoms with Crippen molar-refractivity contribution in [2.45, 2.75) is 31.8 Å². The van der Waals surface area contributed by atoms with Crippen molar-refractivity contribution in [2.75, 3.05) is 33.3 Å². The molecule has 0 radical (unpaired) electrons. The van der Waals surface area contributed by atoms with Crippen LogP contribution in [0.2, 0.25) is 0 Å². The van der Waals surface area contributed by atoms with Gasteiger partial charge >= 0.3 is 12.0 Å². The van der Waals surface area contributed by atoms with Crippen LogP contribution in [-0.2, 0) is 9.53 Å². The summed E-state index contributed by atoms with van der Waals surface area (Å²) in [5, 5.41) is 8.93. The zero-order chi connectivity index (χ0) is 13.8. The minimum absolute atomic E-state index is 0.0744. The lowest BCUT2D eigenvalue weighted by Crippen LogP contribution is -2.51. The highest BCUT2D eigenvalue weighted by Gasteiger charge is 2.32. The molecule has 2 fully saturated rings. The number of amides is 2. The van der Waals surface area contributed by atoms with Crippen molar-refractivity contribution in [1.82, 2.24) is 9.80 Å². The average molecular weight is 270 g/mol. The average Bonchev–Trinajstić information content (AvgIpc) is 3.20. The van der Waals surface area contributed by atoms with Crippen molar-refractivity contribution >= 4 is 12.0 Å². The van der Waals surface area contributed by atoms with Crippen LogP contribution < -0.4 is 0 Å². The SMILES string of the molecule is COC1CCCN(C(=O)N(CC(=O)O)CC2CC2)C1. The molecule has 2 amide bonds. The first kappa shape index (κ1) is 14.1. The number of carboxylic acid groups (broad SMARTS) is 1. The Hall–Kier alpha value is -1.30. The Morgan fingerprint density at radius 1 is 1.37 bits per heavy atom. The quantitative estimate of drug-likeness (QED) is 0.809. The molecule has 1 N–H and O–H groups in total. The first-order chi connectivity index (χ1) is 9.10. The largest absolute Gasteiger partial charge is 0.480 e. The molecule has 1 aliphatic carbocycles. The van der Waals surface area contributed by atoms with Gasteiger partial charge in [0.1, 0.15) is 6.54 Å². The number of urea groups is 1. The molecule has 108 valence electrons. The first-order valence-electron chi connectivity index (χ1n) is 6.88. The highest BCUT2D eigenvalue weighted by atomic mass is 16.5. The van der Waals surface area contributed by atoms with Gasteiger partial charge < -0.3 is 19.6 Å². The van der Waals surface area contributed by atoms with E-state index in [9.17, 15) is 9.59 Å². The third kappa shape index (κ3) is 4.09. The Morgan fingerprint density at radius 3 is 2.68 bits per heavy atom. The van der Waals surface area contributed by atoms with E-state index in [4.69, 9.17) is 9.84 Å². The van der Waals surface area contributed by atoms with Crippen molar-refractivity contribution in [2.24, 2.45) is 5.92 Å². The van der Waals surface area contributed by atoms with Gasteiger partial charge in [-0.2, -0.15) is 0 Å². The first-order valence-corrected chi connectivity index (χ1v) is 6.88. The fourth-order valence-corrected chi connectivity index (χ4v) is 2.49. The number of aliphatic carboxylic acids is 1. The maximum atomic E-state index is 12.4. The highest BCUT2D eigenvalue weighted by Crippen LogP contribution is 2.30. The van der Waals surface area contributed by atoms with Gasteiger partial charge in [0.15, 0.2) is 0 Å². The van der Waals surface area contributed by atoms with Gasteiger partial charge in [0.25, 0.3) is 0 Å². The van der Waals surface area contributed by atoms with E-state index in [0.717, 1.165) is 25.7 Å². The van der Waals surface area contributed by atoms with E-state index in [1.807, 2.05) is 0 Å². The van der Waals surface area contributed by atoms with Crippen LogP contribution in [0.4, 0.5) is 4.79 Å². The number of piperidine rings is 1. The van der Waals surface area contributed by atoms with Gasteiger partial charge in [-0.15, -0.1) is 0 Å². The van der Waals surface area contributed by atoms with Crippen LogP contribution in [0.3, 0.4) is 0 Å². The van der Waals surface area contributed by atoms with Gasteiger partial charge in [-0.25, -0.2) is 4.79 Å². The van der Waals surface area contributed by atoms with E-state index in [1.165, 1.54) is 4.90 Å². The number of carbonyl (C=O) groups is 2. The molecule has 0 bridgehead atoms. The lowest BCUT2D eigenvalue weighted by atomic mass is 10.1. The van der Waals surface area contributed by atoms with Gasteiger partial charge in [-0.05, 0) is 31.6 Å². The highest BCUT2D eigenvalue weighted by molar-refractivity contribution is 5.80. The standard InChI is InChI=1S/C13H22N2O4/c1-19-11-3-2-6-14(8-11)13(18)15(9-12(16)17)7-10-4-5-10/h10-11H,2-9H2,1H3,(H,16,17). The second-order valence-electron chi connectivity index (χ2n) is 5.45. The fourth-order valence-electron chi connectivity index (χ4n) is 2.49. The van der Waals surface area contributed by atoms with Crippen molar-refractivity contribution in [3.05, 3.63) is 0 Å². The summed E-state index contributed by atoms with van der Waals surface area (Å²) in [6.07, 6.45) is 4.15. The summed E-state index contributed by atoms with van der Waals surface area (Å²) in [4.78, 5) is 26.5. The molecular weight excluding hydrogens is 248 g/mol. The molecule has 19 heavy (non-hydrogen) atoms. The predicted octanol–water partition coefficient (Wildman–Crippen LogP) is 1.01. The molecule has 1 heterocycles. The second-order valence-corrected chi connectivity index (χ2v) is 5.45. The summed E-state index contributed by atoms with van der Waals surface area (Å²) in [7, 11) is 1.65. The van der Waals surface area contributed by atoms with Crippen molar-refractivity contribution < 1.29 is 19.4 Å². The Morgan fingerprint density at radius 2 is 2.11 bits per heavy atom. The molecule has 0 aromatic heterocycles. The summed E-state index contributed by atoms with van der Waals surface area (Å²) >= 11 is 0. The molecule has 0 spiro atoms. The minimum atomic E-state index is -0.950. The predicted molar refractivity (Wildman–Crippen MR) is 68.9 cm³/mol. The van der Waals surface area contributed by atoms with Crippen molar-refractivity contribution in [1.29, 1.82) is 0 Å². The molecule has 1 atom stereocenters. The zero-order valence-electron chi connectivity index (χ0n) is 11.4. The van der Waals surface area contributed by atoms with Crippen molar-refractivity contribution in [3.63, 3.8) is 0 Å². The van der Waals surface area contributed by atoms with Gasteiger partial charge in [-0.1, -0.05) is 0 Å². The van der Waals surface area contributed by atoms with Crippen LogP contribution in [0, 0.1) is 5.92 Å². The topological polar surface area (TPSA) is 70.1 Å². The minimum Gasteiger partial charge on any atom is -0.480 e. The maximum absolute atomic E-state index is 12.4. The molecule has 1 saturated carbocycles. The molecule has 0 aromatic carbocycles. The van der Waals surface area contributed by atoms with Crippen LogP contribution in [0.15, 0.2) is 0 Å². The van der Waals surface area contributed by atoms with Crippen LogP contribution in [0.25, 0.3) is 0 Å². The summed E-state index contributed by atoms with van der Waals surface area (Å²) in [6.45, 7) is 1.62. The molecule has 2 aliphatic rings. The van der Waals surface area contributed by atoms with Crippen LogP contribution in [0.5, 0.6) is 0 Å². The summed E-state index contributed by atoms with van der Waals surface area (Å²) < 4.78 is 5.30. The fraction of sp³-hybridized carbons (Fsp3) is 0.846. The van der Waals surface area contributed by atoms with Crippen molar-refractivity contribution in [3.8, 4) is 0 Å². The van der Waals surface area contributed by atoms with Gasteiger partial charge in [0.2, 0.25) is 0 Å². The molecule has 1 saturated heterocycles. The smallest absolute Gasteiger partial charge is 0.323 e. The summed E-state index contributed by atoms with van der Waals surface area (Å²) in [5.41, 5.74) is 0. The molecule has 0 aromatic rings. The number of nitrogens with zero attached hydrogens (tertiary/aromatic N) is 2. The Kier molecular flexibility index (Phi) is 4.63. The van der Waals surface area contributed by atoms with E-state index in [-0.39, 0.29) is 18.7 Å². The molecule has 6 nitrogen and oxygen atoms in total. The maximum Gasteiger partial charge on any atom is 0.323 e. The number of rotatable bonds is 5. The second kappa shape index (κ2) is 6.23. The van der Waals surface area contributed by atoms with E-state index in [0.29, 0.717) is 25.6 Å². The summed E-state index contributed by atoms with van der Waals surface area (Å²) in [5.74, 6) is -0.458. The Labute approximate surface area is 113 Å². The number of methoxy groups -OCH3 is 1. The number of hydrogen-bond donors (Lipinski definition) is 1. The van der Waals surface area contributed by atoms with Crippen LogP contribution in [-0.4, -0.2) is 66.3 Å². The molecule has 1 unspecified atom stereocenters. The normalized spacial score (nSPS) is 23.2. The number of likely N-dealkylation sites (tertiary alicyclic amines) is 1. The molecule has 6 heteroatoms. The summed E-state index contributed by atoms with van der Waals surface area (Å²) in [6, 6.07) is -0.156. The lowest BCUT2D eigenvalue weighted by molar-refractivity contribution is -0.137. The number of carbonyl (C=O) groups excluding carboxylic acids is 1. The zero-order valence-corrected chi connectivity index (χ0v) is 11.4. The van der Waals surface area contributed by atoms with Crippen LogP contribution >= 0.6 is 0 Å². The number of hydrogen-bond acceptors (Lipinski definition) is 3. The Bertz CT molecular complexity index is 344. The van der Waals surface area contributed by atoms with E-state index in [1.54, 1.807) is 12.0 Å². The van der Waals surface area contributed by atoms with Crippen LogP contribution in [0.1, 0.15) is 25.7 Å². The van der Waals surface area contributed by atoms with E-state index in [2.05, 4.69) is 0 Å². The lowest BCUT2D eigenvalue weighted by Gasteiger charge is -2.35. The molecule has 1 aliphatic heterocycles. The molecule has 2 rings (SSSR count). The van der Waals surface area contributed by atoms with E-state index >= 15 is 0 Å². The Balaban J connectivity index is 1.94. The molecular formula is C13H22N2O4. The monoisotopic (exact) mass is 270 g/mol. The third-order valence-electron chi connectivity index (χ3n) is 3.75. The van der Waals surface area contributed by atoms with Gasteiger partial charge in [0.05, 0.1) is 6.10 Å². The van der Waals surface area contributed by atoms with E-state index < -0.39 is 5.97 Å². The third-order valence-corrected chi connectivity index (χ3v) is 3.75.